The first-order chi connectivity index (χ1) is 10.6. The van der Waals surface area contributed by atoms with Crippen LogP contribution in [-0.2, 0) is 11.2 Å². The van der Waals surface area contributed by atoms with Crippen molar-refractivity contribution in [1.82, 2.24) is 4.98 Å². The fourth-order valence-corrected chi connectivity index (χ4v) is 2.21. The zero-order chi connectivity index (χ0) is 15.5. The maximum absolute atomic E-state index is 11.9. The fourth-order valence-electron chi connectivity index (χ4n) is 2.21. The van der Waals surface area contributed by atoms with Crippen LogP contribution in [0.4, 0.5) is 5.69 Å². The highest BCUT2D eigenvalue weighted by Crippen LogP contribution is 2.24. The van der Waals surface area contributed by atoms with E-state index in [0.29, 0.717) is 23.6 Å². The van der Waals surface area contributed by atoms with Crippen LogP contribution in [0.5, 0.6) is 5.75 Å². The Kier molecular flexibility index (Phi) is 3.78. The number of hydrogen-bond acceptors (Lipinski definition) is 4. The van der Waals surface area contributed by atoms with Crippen LogP contribution in [0, 0.1) is 6.92 Å². The van der Waals surface area contributed by atoms with Crippen LogP contribution in [0.2, 0.25) is 0 Å². The van der Waals surface area contributed by atoms with Crippen molar-refractivity contribution in [2.45, 2.75) is 19.8 Å². The molecule has 2 N–H and O–H groups in total. The van der Waals surface area contributed by atoms with E-state index in [9.17, 15) is 9.90 Å². The van der Waals surface area contributed by atoms with E-state index < -0.39 is 0 Å². The lowest BCUT2D eigenvalue weighted by Gasteiger charge is -2.07. The molecule has 0 atom stereocenters. The Hall–Kier alpha value is -2.82. The molecule has 3 aromatic rings. The van der Waals surface area contributed by atoms with Gasteiger partial charge >= 0.3 is 0 Å². The average molecular weight is 296 g/mol. The van der Waals surface area contributed by atoms with E-state index in [4.69, 9.17) is 4.42 Å². The number of carbonyl (C=O) groups is 1. The number of rotatable bonds is 4. The molecule has 2 aromatic carbocycles. The van der Waals surface area contributed by atoms with Crippen LogP contribution in [0.1, 0.15) is 17.9 Å². The van der Waals surface area contributed by atoms with Crippen LogP contribution in [-0.4, -0.2) is 16.0 Å². The van der Waals surface area contributed by atoms with Gasteiger partial charge in [0.25, 0.3) is 0 Å². The fraction of sp³-hybridized carbons (Fsp3) is 0.176. The molecule has 0 spiro atoms. The number of anilines is 1. The third-order valence-electron chi connectivity index (χ3n) is 3.33. The number of aromatic nitrogens is 1. The summed E-state index contributed by atoms with van der Waals surface area (Å²) in [5, 5.41) is 12.5. The Morgan fingerprint density at radius 1 is 1.27 bits per heavy atom. The number of fused-ring (bicyclic) bond motifs is 1. The summed E-state index contributed by atoms with van der Waals surface area (Å²) in [5.41, 5.74) is 2.85. The Bertz CT molecular complexity index is 791. The van der Waals surface area contributed by atoms with Gasteiger partial charge in [-0.05, 0) is 36.8 Å². The lowest BCUT2D eigenvalue weighted by molar-refractivity contribution is -0.116. The number of nitrogens with zero attached hydrogens (tertiary/aromatic N) is 1. The van der Waals surface area contributed by atoms with Crippen molar-refractivity contribution >= 4 is 22.7 Å². The summed E-state index contributed by atoms with van der Waals surface area (Å²) in [7, 11) is 0. The normalized spacial score (nSPS) is 10.8. The van der Waals surface area contributed by atoms with Gasteiger partial charge in [0.1, 0.15) is 11.3 Å². The highest BCUT2D eigenvalue weighted by Gasteiger charge is 2.10. The second kappa shape index (κ2) is 5.89. The monoisotopic (exact) mass is 296 g/mol. The van der Waals surface area contributed by atoms with Crippen LogP contribution >= 0.6 is 0 Å². The van der Waals surface area contributed by atoms with E-state index in [1.165, 1.54) is 0 Å². The number of oxazole rings is 1. The van der Waals surface area contributed by atoms with Crippen LogP contribution in [0.15, 0.2) is 46.9 Å². The number of aryl methyl sites for hydroxylation is 2. The van der Waals surface area contributed by atoms with E-state index in [0.717, 1.165) is 11.1 Å². The SMILES string of the molecule is Cc1ccc(NC(=O)CCc2nc3ccccc3o2)c(O)c1. The molecule has 0 aliphatic heterocycles. The first kappa shape index (κ1) is 14.1. The number of amides is 1. The molecule has 0 unspecified atom stereocenters. The van der Waals surface area contributed by atoms with Gasteiger partial charge in [-0.15, -0.1) is 0 Å². The highest BCUT2D eigenvalue weighted by molar-refractivity contribution is 5.92. The van der Waals surface area contributed by atoms with Gasteiger partial charge in [-0.2, -0.15) is 0 Å². The minimum absolute atomic E-state index is 0.0650. The van der Waals surface area contributed by atoms with Gasteiger partial charge < -0.3 is 14.8 Å². The molecule has 0 radical (unpaired) electrons. The number of phenolic OH excluding ortho intramolecular Hbond substituents is 1. The molecule has 0 fully saturated rings. The van der Waals surface area contributed by atoms with Crippen molar-refractivity contribution in [2.24, 2.45) is 0 Å². The van der Waals surface area contributed by atoms with Crippen LogP contribution in [0.3, 0.4) is 0 Å². The maximum atomic E-state index is 11.9. The lowest BCUT2D eigenvalue weighted by atomic mass is 10.2. The molecular weight excluding hydrogens is 280 g/mol. The minimum atomic E-state index is -0.193. The van der Waals surface area contributed by atoms with E-state index >= 15 is 0 Å². The quantitative estimate of drug-likeness (QED) is 0.723. The first-order valence-corrected chi connectivity index (χ1v) is 7.06. The summed E-state index contributed by atoms with van der Waals surface area (Å²) in [5.74, 6) is 0.404. The van der Waals surface area contributed by atoms with Gasteiger partial charge in [-0.25, -0.2) is 4.98 Å². The molecule has 5 heteroatoms. The molecule has 0 aliphatic carbocycles. The lowest BCUT2D eigenvalue weighted by Crippen LogP contribution is -2.12. The summed E-state index contributed by atoms with van der Waals surface area (Å²) in [6, 6.07) is 12.6. The molecule has 0 saturated carbocycles. The zero-order valence-electron chi connectivity index (χ0n) is 12.2. The summed E-state index contributed by atoms with van der Waals surface area (Å²) < 4.78 is 5.57. The number of benzene rings is 2. The van der Waals surface area contributed by atoms with E-state index in [1.807, 2.05) is 37.3 Å². The number of hydrogen-bond donors (Lipinski definition) is 2. The summed E-state index contributed by atoms with van der Waals surface area (Å²) in [6.45, 7) is 1.87. The Labute approximate surface area is 127 Å². The smallest absolute Gasteiger partial charge is 0.224 e. The second-order valence-electron chi connectivity index (χ2n) is 5.14. The van der Waals surface area contributed by atoms with Gasteiger partial charge in [0, 0.05) is 12.8 Å². The molecule has 1 aromatic heterocycles. The Morgan fingerprint density at radius 2 is 2.09 bits per heavy atom. The topological polar surface area (TPSA) is 75.4 Å². The number of aromatic hydroxyl groups is 1. The zero-order valence-corrected chi connectivity index (χ0v) is 12.2. The highest BCUT2D eigenvalue weighted by atomic mass is 16.3. The van der Waals surface area contributed by atoms with Gasteiger partial charge in [-0.3, -0.25) is 4.79 Å². The Morgan fingerprint density at radius 3 is 2.86 bits per heavy atom. The Balaban J connectivity index is 1.62. The predicted molar refractivity (Wildman–Crippen MR) is 83.8 cm³/mol. The average Bonchev–Trinajstić information content (AvgIpc) is 2.91. The molecule has 1 amide bonds. The van der Waals surface area contributed by atoms with E-state index in [1.54, 1.807) is 12.1 Å². The van der Waals surface area contributed by atoms with Crippen molar-refractivity contribution in [1.29, 1.82) is 0 Å². The molecule has 5 nitrogen and oxygen atoms in total. The summed E-state index contributed by atoms with van der Waals surface area (Å²) in [6.07, 6.45) is 0.646. The molecule has 112 valence electrons. The third-order valence-corrected chi connectivity index (χ3v) is 3.33. The largest absolute Gasteiger partial charge is 0.506 e. The molecular formula is C17H16N2O3. The van der Waals surface area contributed by atoms with E-state index in [-0.39, 0.29) is 18.1 Å². The molecule has 22 heavy (non-hydrogen) atoms. The number of carbonyl (C=O) groups excluding carboxylic acids is 1. The summed E-state index contributed by atoms with van der Waals surface area (Å²) in [4.78, 5) is 16.3. The van der Waals surface area contributed by atoms with Gasteiger partial charge in [0.15, 0.2) is 11.5 Å². The van der Waals surface area contributed by atoms with E-state index in [2.05, 4.69) is 10.3 Å². The van der Waals surface area contributed by atoms with Crippen molar-refractivity contribution in [2.75, 3.05) is 5.32 Å². The van der Waals surface area contributed by atoms with Crippen molar-refractivity contribution < 1.29 is 14.3 Å². The van der Waals surface area contributed by atoms with Gasteiger partial charge in [0.2, 0.25) is 5.91 Å². The molecule has 1 heterocycles. The standard InChI is InChI=1S/C17H16N2O3/c1-11-6-7-12(14(20)10-11)18-16(21)8-9-17-19-13-4-2-3-5-15(13)22-17/h2-7,10,20H,8-9H2,1H3,(H,18,21). The molecule has 3 rings (SSSR count). The van der Waals surface area contributed by atoms with Crippen molar-refractivity contribution in [3.05, 3.63) is 53.9 Å². The number of para-hydroxylation sites is 2. The van der Waals surface area contributed by atoms with Gasteiger partial charge in [0.05, 0.1) is 5.69 Å². The minimum Gasteiger partial charge on any atom is -0.506 e. The predicted octanol–water partition coefficient (Wildman–Crippen LogP) is 3.41. The van der Waals surface area contributed by atoms with Crippen molar-refractivity contribution in [3.63, 3.8) is 0 Å². The second-order valence-corrected chi connectivity index (χ2v) is 5.14. The van der Waals surface area contributed by atoms with Crippen molar-refractivity contribution in [3.8, 4) is 5.75 Å². The first-order valence-electron chi connectivity index (χ1n) is 7.06. The van der Waals surface area contributed by atoms with Crippen LogP contribution in [0.25, 0.3) is 11.1 Å². The molecule has 0 aliphatic rings. The molecule has 0 saturated heterocycles. The summed E-state index contributed by atoms with van der Waals surface area (Å²) >= 11 is 0. The maximum Gasteiger partial charge on any atom is 0.224 e. The number of nitrogens with one attached hydrogen (secondary N) is 1. The number of phenols is 1. The third kappa shape index (κ3) is 3.09. The van der Waals surface area contributed by atoms with Crippen LogP contribution < -0.4 is 5.32 Å². The molecule has 0 bridgehead atoms. The van der Waals surface area contributed by atoms with Gasteiger partial charge in [-0.1, -0.05) is 18.2 Å².